The second-order valence-corrected chi connectivity index (χ2v) is 6.48. The zero-order valence-electron chi connectivity index (χ0n) is 12.8. The number of fused-ring (bicyclic) bond motifs is 1. The Kier molecular flexibility index (Phi) is 4.59. The molecule has 1 saturated heterocycles. The monoisotopic (exact) mass is 286 g/mol. The molecule has 21 heavy (non-hydrogen) atoms. The smallest absolute Gasteiger partial charge is 0.226 e. The molecule has 2 atom stereocenters. The fourth-order valence-corrected chi connectivity index (χ4v) is 3.86. The summed E-state index contributed by atoms with van der Waals surface area (Å²) in [7, 11) is 0. The molecule has 3 heteroatoms. The third-order valence-corrected chi connectivity index (χ3v) is 5.13. The summed E-state index contributed by atoms with van der Waals surface area (Å²) in [5.74, 6) is 0.508. The Morgan fingerprint density at radius 2 is 1.95 bits per heavy atom. The number of likely N-dealkylation sites (tertiary alicyclic amines) is 1. The highest BCUT2D eigenvalue weighted by Crippen LogP contribution is 2.28. The van der Waals surface area contributed by atoms with Crippen LogP contribution in [0.25, 0.3) is 0 Å². The molecule has 0 aromatic heterocycles. The topological polar surface area (TPSA) is 46.3 Å². The predicted molar refractivity (Wildman–Crippen MR) is 85.0 cm³/mol. The Balaban J connectivity index is 1.73. The zero-order chi connectivity index (χ0) is 14.7. The van der Waals surface area contributed by atoms with Crippen molar-refractivity contribution >= 4 is 5.91 Å². The van der Waals surface area contributed by atoms with E-state index in [9.17, 15) is 4.79 Å². The van der Waals surface area contributed by atoms with Crippen molar-refractivity contribution in [2.45, 2.75) is 51.0 Å². The molecule has 3 nitrogen and oxygen atoms in total. The Labute approximate surface area is 127 Å². The van der Waals surface area contributed by atoms with E-state index < -0.39 is 0 Å². The van der Waals surface area contributed by atoms with Gasteiger partial charge in [0.15, 0.2) is 0 Å². The molecule has 114 valence electrons. The SMILES string of the molecule is NCC1CCCCCN1C(=O)C1CCc2ccccc2C1. The van der Waals surface area contributed by atoms with E-state index >= 15 is 0 Å². The van der Waals surface area contributed by atoms with Crippen molar-refractivity contribution in [3.63, 3.8) is 0 Å². The van der Waals surface area contributed by atoms with Gasteiger partial charge in [-0.2, -0.15) is 0 Å². The van der Waals surface area contributed by atoms with Gasteiger partial charge in [0.2, 0.25) is 5.91 Å². The predicted octanol–water partition coefficient (Wildman–Crippen LogP) is 2.52. The molecule has 3 rings (SSSR count). The van der Waals surface area contributed by atoms with Crippen molar-refractivity contribution in [3.8, 4) is 0 Å². The molecule has 0 bridgehead atoms. The summed E-state index contributed by atoms with van der Waals surface area (Å²) in [6.45, 7) is 1.51. The number of nitrogens with zero attached hydrogens (tertiary/aromatic N) is 1. The molecule has 1 amide bonds. The number of rotatable bonds is 2. The van der Waals surface area contributed by atoms with Gasteiger partial charge in [-0.15, -0.1) is 0 Å². The van der Waals surface area contributed by atoms with Gasteiger partial charge in [-0.05, 0) is 43.2 Å². The molecular weight excluding hydrogens is 260 g/mol. The van der Waals surface area contributed by atoms with Crippen LogP contribution in [0.15, 0.2) is 24.3 Å². The van der Waals surface area contributed by atoms with Gasteiger partial charge in [-0.25, -0.2) is 0 Å². The lowest BCUT2D eigenvalue weighted by Crippen LogP contribution is -2.47. The Hall–Kier alpha value is -1.35. The average molecular weight is 286 g/mol. The van der Waals surface area contributed by atoms with E-state index in [-0.39, 0.29) is 12.0 Å². The van der Waals surface area contributed by atoms with Gasteiger partial charge in [0.25, 0.3) is 0 Å². The molecule has 1 aromatic rings. The maximum absolute atomic E-state index is 13.0. The molecule has 1 fully saturated rings. The number of hydrogen-bond donors (Lipinski definition) is 1. The first-order valence-corrected chi connectivity index (χ1v) is 8.37. The highest BCUT2D eigenvalue weighted by atomic mass is 16.2. The van der Waals surface area contributed by atoms with Crippen LogP contribution >= 0.6 is 0 Å². The largest absolute Gasteiger partial charge is 0.338 e. The fourth-order valence-electron chi connectivity index (χ4n) is 3.86. The molecule has 0 spiro atoms. The second-order valence-electron chi connectivity index (χ2n) is 6.48. The summed E-state index contributed by atoms with van der Waals surface area (Å²) < 4.78 is 0. The molecule has 2 aliphatic rings. The molecule has 2 unspecified atom stereocenters. The van der Waals surface area contributed by atoms with Crippen LogP contribution in [0.1, 0.15) is 43.2 Å². The average Bonchev–Trinajstić information content (AvgIpc) is 2.79. The quantitative estimate of drug-likeness (QED) is 0.908. The van der Waals surface area contributed by atoms with Crippen molar-refractivity contribution < 1.29 is 4.79 Å². The van der Waals surface area contributed by atoms with Crippen molar-refractivity contribution in [3.05, 3.63) is 35.4 Å². The number of nitrogens with two attached hydrogens (primary N) is 1. The number of benzene rings is 1. The van der Waals surface area contributed by atoms with Crippen LogP contribution in [0.5, 0.6) is 0 Å². The summed E-state index contributed by atoms with van der Waals surface area (Å²) in [4.78, 5) is 15.1. The number of hydrogen-bond acceptors (Lipinski definition) is 2. The van der Waals surface area contributed by atoms with Crippen molar-refractivity contribution in [1.82, 2.24) is 4.90 Å². The molecule has 2 N–H and O–H groups in total. The van der Waals surface area contributed by atoms with Crippen LogP contribution in [-0.4, -0.2) is 29.9 Å². The van der Waals surface area contributed by atoms with Crippen LogP contribution in [0, 0.1) is 5.92 Å². The van der Waals surface area contributed by atoms with Crippen LogP contribution < -0.4 is 5.73 Å². The molecule has 1 aromatic carbocycles. The summed E-state index contributed by atoms with van der Waals surface area (Å²) in [6, 6.07) is 8.82. The van der Waals surface area contributed by atoms with E-state index in [1.165, 1.54) is 24.0 Å². The Morgan fingerprint density at radius 3 is 2.76 bits per heavy atom. The van der Waals surface area contributed by atoms with Gasteiger partial charge in [0.1, 0.15) is 0 Å². The van der Waals surface area contributed by atoms with E-state index in [4.69, 9.17) is 5.73 Å². The Morgan fingerprint density at radius 1 is 1.14 bits per heavy atom. The van der Waals surface area contributed by atoms with Gasteiger partial charge in [0, 0.05) is 25.0 Å². The van der Waals surface area contributed by atoms with E-state index in [1.54, 1.807) is 0 Å². The third-order valence-electron chi connectivity index (χ3n) is 5.13. The minimum absolute atomic E-state index is 0.159. The minimum Gasteiger partial charge on any atom is -0.338 e. The summed E-state index contributed by atoms with van der Waals surface area (Å²) in [5, 5.41) is 0. The molecule has 0 saturated carbocycles. The first-order valence-electron chi connectivity index (χ1n) is 8.37. The lowest BCUT2D eigenvalue weighted by Gasteiger charge is -2.34. The molecule has 1 heterocycles. The van der Waals surface area contributed by atoms with Crippen LogP contribution in [0.3, 0.4) is 0 Å². The highest BCUT2D eigenvalue weighted by Gasteiger charge is 2.31. The fraction of sp³-hybridized carbons (Fsp3) is 0.611. The van der Waals surface area contributed by atoms with E-state index in [0.717, 1.165) is 38.6 Å². The molecule has 1 aliphatic heterocycles. The maximum atomic E-state index is 13.0. The van der Waals surface area contributed by atoms with Gasteiger partial charge in [-0.3, -0.25) is 4.79 Å². The van der Waals surface area contributed by atoms with Gasteiger partial charge in [0.05, 0.1) is 0 Å². The van der Waals surface area contributed by atoms with Gasteiger partial charge < -0.3 is 10.6 Å². The van der Waals surface area contributed by atoms with E-state index in [2.05, 4.69) is 29.2 Å². The lowest BCUT2D eigenvalue weighted by molar-refractivity contribution is -0.138. The summed E-state index contributed by atoms with van der Waals surface area (Å²) in [6.07, 6.45) is 7.57. The molecule has 0 radical (unpaired) electrons. The van der Waals surface area contributed by atoms with Gasteiger partial charge in [-0.1, -0.05) is 37.1 Å². The lowest BCUT2D eigenvalue weighted by atomic mass is 9.83. The first-order chi connectivity index (χ1) is 10.3. The van der Waals surface area contributed by atoms with Crippen LogP contribution in [0.4, 0.5) is 0 Å². The van der Waals surface area contributed by atoms with Crippen LogP contribution in [-0.2, 0) is 17.6 Å². The van der Waals surface area contributed by atoms with Crippen molar-refractivity contribution in [1.29, 1.82) is 0 Å². The molecule has 1 aliphatic carbocycles. The number of carbonyl (C=O) groups is 1. The van der Waals surface area contributed by atoms with Crippen molar-refractivity contribution in [2.75, 3.05) is 13.1 Å². The third kappa shape index (κ3) is 3.13. The number of amides is 1. The van der Waals surface area contributed by atoms with E-state index in [0.29, 0.717) is 12.5 Å². The van der Waals surface area contributed by atoms with Crippen LogP contribution in [0.2, 0.25) is 0 Å². The highest BCUT2D eigenvalue weighted by molar-refractivity contribution is 5.80. The maximum Gasteiger partial charge on any atom is 0.226 e. The summed E-state index contributed by atoms with van der Waals surface area (Å²) >= 11 is 0. The second kappa shape index (κ2) is 6.61. The Bertz CT molecular complexity index is 500. The number of carbonyl (C=O) groups excluding carboxylic acids is 1. The summed E-state index contributed by atoms with van der Waals surface area (Å²) in [5.41, 5.74) is 8.70. The number of aryl methyl sites for hydroxylation is 1. The standard InChI is InChI=1S/C18H26N2O/c19-13-17-8-2-1-5-11-20(17)18(21)16-10-9-14-6-3-4-7-15(14)12-16/h3-4,6-7,16-17H,1-2,5,8-13,19H2. The normalized spacial score (nSPS) is 26.0. The van der Waals surface area contributed by atoms with Gasteiger partial charge >= 0.3 is 0 Å². The zero-order valence-corrected chi connectivity index (χ0v) is 12.8. The minimum atomic E-state index is 0.159. The molecular formula is C18H26N2O. The first kappa shape index (κ1) is 14.6. The van der Waals surface area contributed by atoms with E-state index in [1.807, 2.05) is 0 Å². The van der Waals surface area contributed by atoms with Crippen molar-refractivity contribution in [2.24, 2.45) is 11.7 Å².